The summed E-state index contributed by atoms with van der Waals surface area (Å²) >= 11 is 0. The minimum Gasteiger partial charge on any atom is -0.543 e. The molecule has 0 N–H and O–H groups in total. The monoisotopic (exact) mass is 253 g/mol. The Bertz CT molecular complexity index is 457. The molecule has 0 aliphatic rings. The maximum Gasteiger partial charge on any atom is 0.420 e. The number of alkyl halides is 4. The van der Waals surface area contributed by atoms with E-state index >= 15 is 0 Å². The fourth-order valence-corrected chi connectivity index (χ4v) is 1.44. The van der Waals surface area contributed by atoms with Gasteiger partial charge in [0.05, 0.1) is 11.7 Å². The Kier molecular flexibility index (Phi) is 2.94. The summed E-state index contributed by atoms with van der Waals surface area (Å²) in [6, 6.07) is 0. The molecule has 17 heavy (non-hydrogen) atoms. The minimum atomic E-state index is -5.01. The standard InChI is InChI=1S/C9H10F4N2O2/c1-8(2,10)6-4(9(11,12)13)5(7(16)17)15(3)14-6/h1-3H3,(H,16,17)/p-1. The lowest BCUT2D eigenvalue weighted by Crippen LogP contribution is -2.28. The van der Waals surface area contributed by atoms with E-state index < -0.39 is 34.8 Å². The van der Waals surface area contributed by atoms with E-state index in [1.165, 1.54) is 0 Å². The van der Waals surface area contributed by atoms with Crippen molar-refractivity contribution in [3.05, 3.63) is 17.0 Å². The number of aryl methyl sites for hydroxylation is 1. The van der Waals surface area contributed by atoms with Crippen molar-refractivity contribution in [2.75, 3.05) is 0 Å². The number of rotatable bonds is 2. The lowest BCUT2D eigenvalue weighted by Gasteiger charge is -2.16. The van der Waals surface area contributed by atoms with Crippen molar-refractivity contribution in [2.24, 2.45) is 7.05 Å². The highest BCUT2D eigenvalue weighted by molar-refractivity contribution is 5.86. The van der Waals surface area contributed by atoms with Gasteiger partial charge >= 0.3 is 6.18 Å². The van der Waals surface area contributed by atoms with Crippen molar-refractivity contribution < 1.29 is 27.5 Å². The van der Waals surface area contributed by atoms with Gasteiger partial charge in [-0.05, 0) is 13.8 Å². The van der Waals surface area contributed by atoms with Gasteiger partial charge in [-0.15, -0.1) is 0 Å². The fourth-order valence-electron chi connectivity index (χ4n) is 1.44. The SMILES string of the molecule is Cn1nc(C(C)(C)F)c(C(F)(F)F)c1C(=O)[O-]. The molecule has 0 unspecified atom stereocenters. The second-order valence-corrected chi connectivity index (χ2v) is 3.95. The van der Waals surface area contributed by atoms with E-state index in [-0.39, 0.29) is 0 Å². The predicted molar refractivity (Wildman–Crippen MR) is 46.7 cm³/mol. The summed E-state index contributed by atoms with van der Waals surface area (Å²) in [5.41, 5.74) is -6.16. The molecular formula is C9H9F4N2O2-. The molecule has 0 spiro atoms. The molecule has 0 saturated carbocycles. The highest BCUT2D eigenvalue weighted by Crippen LogP contribution is 2.39. The van der Waals surface area contributed by atoms with E-state index in [0.29, 0.717) is 4.68 Å². The summed E-state index contributed by atoms with van der Waals surface area (Å²) in [6.45, 7) is 1.73. The van der Waals surface area contributed by atoms with Crippen molar-refractivity contribution in [1.29, 1.82) is 0 Å². The zero-order chi connectivity index (χ0) is 13.6. The number of nitrogens with zero attached hydrogens (tertiary/aromatic N) is 2. The van der Waals surface area contributed by atoms with E-state index in [1.807, 2.05) is 0 Å². The molecule has 1 rings (SSSR count). The summed E-state index contributed by atoms with van der Waals surface area (Å²) in [7, 11) is 0.982. The van der Waals surface area contributed by atoms with Gasteiger partial charge in [-0.2, -0.15) is 18.3 Å². The summed E-state index contributed by atoms with van der Waals surface area (Å²) < 4.78 is 52.1. The van der Waals surface area contributed by atoms with Crippen LogP contribution in [-0.4, -0.2) is 15.7 Å². The van der Waals surface area contributed by atoms with E-state index in [9.17, 15) is 27.5 Å². The number of aromatic nitrogens is 2. The molecule has 0 amide bonds. The first-order valence-electron chi connectivity index (χ1n) is 4.51. The third-order valence-electron chi connectivity index (χ3n) is 2.09. The quantitative estimate of drug-likeness (QED) is 0.739. The second-order valence-electron chi connectivity index (χ2n) is 3.95. The van der Waals surface area contributed by atoms with Crippen LogP contribution in [0.25, 0.3) is 0 Å². The number of carboxylic acid groups (broad SMARTS) is 1. The molecule has 1 aromatic heterocycles. The molecule has 8 heteroatoms. The fraction of sp³-hybridized carbons (Fsp3) is 0.556. The van der Waals surface area contributed by atoms with Crippen molar-refractivity contribution in [2.45, 2.75) is 25.7 Å². The van der Waals surface area contributed by atoms with Gasteiger partial charge in [0.25, 0.3) is 0 Å². The van der Waals surface area contributed by atoms with E-state index in [1.54, 1.807) is 0 Å². The summed E-state index contributed by atoms with van der Waals surface area (Å²) in [4.78, 5) is 10.6. The Morgan fingerprint density at radius 1 is 1.29 bits per heavy atom. The van der Waals surface area contributed by atoms with Crippen LogP contribution in [0.2, 0.25) is 0 Å². The first kappa shape index (κ1) is 13.5. The average molecular weight is 253 g/mol. The zero-order valence-electron chi connectivity index (χ0n) is 9.22. The zero-order valence-corrected chi connectivity index (χ0v) is 9.22. The molecule has 0 bridgehead atoms. The number of halogens is 4. The molecule has 1 heterocycles. The third kappa shape index (κ3) is 2.40. The minimum absolute atomic E-state index is 0.453. The Hall–Kier alpha value is -1.60. The molecule has 0 aliphatic heterocycles. The molecule has 0 fully saturated rings. The van der Waals surface area contributed by atoms with Crippen LogP contribution >= 0.6 is 0 Å². The van der Waals surface area contributed by atoms with Crippen molar-refractivity contribution in [3.63, 3.8) is 0 Å². The van der Waals surface area contributed by atoms with Gasteiger partial charge < -0.3 is 9.90 Å². The molecule has 0 radical (unpaired) electrons. The second kappa shape index (κ2) is 3.71. The van der Waals surface area contributed by atoms with Crippen LogP contribution in [0.5, 0.6) is 0 Å². The van der Waals surface area contributed by atoms with Crippen molar-refractivity contribution >= 4 is 5.97 Å². The maximum absolute atomic E-state index is 13.6. The average Bonchev–Trinajstić information content (AvgIpc) is 2.40. The van der Waals surface area contributed by atoms with Gasteiger partial charge in [0.15, 0.2) is 0 Å². The number of hydrogen-bond acceptors (Lipinski definition) is 3. The summed E-state index contributed by atoms with van der Waals surface area (Å²) in [5.74, 6) is -2.05. The van der Waals surface area contributed by atoms with Crippen molar-refractivity contribution in [3.8, 4) is 0 Å². The van der Waals surface area contributed by atoms with Gasteiger partial charge in [-0.1, -0.05) is 0 Å². The maximum atomic E-state index is 13.6. The first-order valence-corrected chi connectivity index (χ1v) is 4.51. The van der Waals surface area contributed by atoms with Crippen LogP contribution in [-0.2, 0) is 18.9 Å². The molecule has 1 aromatic rings. The molecular weight excluding hydrogens is 244 g/mol. The van der Waals surface area contributed by atoms with Gasteiger partial charge in [0, 0.05) is 7.05 Å². The van der Waals surface area contributed by atoms with Crippen LogP contribution in [0.4, 0.5) is 17.6 Å². The Balaban J connectivity index is 3.66. The van der Waals surface area contributed by atoms with E-state index in [2.05, 4.69) is 5.10 Å². The molecule has 0 aromatic carbocycles. The number of aromatic carboxylic acids is 1. The van der Waals surface area contributed by atoms with Crippen molar-refractivity contribution in [1.82, 2.24) is 9.78 Å². The molecule has 96 valence electrons. The smallest absolute Gasteiger partial charge is 0.420 e. The lowest BCUT2D eigenvalue weighted by molar-refractivity contribution is -0.256. The number of carboxylic acids is 1. The highest BCUT2D eigenvalue weighted by atomic mass is 19.4. The van der Waals surface area contributed by atoms with Gasteiger partial charge in [0.2, 0.25) is 0 Å². The van der Waals surface area contributed by atoms with Crippen LogP contribution in [0.3, 0.4) is 0 Å². The normalized spacial score (nSPS) is 12.9. The highest BCUT2D eigenvalue weighted by Gasteiger charge is 2.44. The number of carbonyl (C=O) groups excluding carboxylic acids is 1. The molecule has 0 atom stereocenters. The predicted octanol–water partition coefficient (Wildman–Crippen LogP) is 1.01. The van der Waals surface area contributed by atoms with E-state index in [0.717, 1.165) is 20.9 Å². The number of carbonyl (C=O) groups is 1. The summed E-state index contributed by atoms with van der Waals surface area (Å²) in [6.07, 6.45) is -5.01. The lowest BCUT2D eigenvalue weighted by atomic mass is 10.0. The van der Waals surface area contributed by atoms with Gasteiger partial charge in [0.1, 0.15) is 16.9 Å². The van der Waals surface area contributed by atoms with Crippen LogP contribution in [0.1, 0.15) is 35.6 Å². The van der Waals surface area contributed by atoms with Gasteiger partial charge in [-0.3, -0.25) is 4.68 Å². The van der Waals surface area contributed by atoms with Crippen LogP contribution < -0.4 is 5.11 Å². The van der Waals surface area contributed by atoms with Crippen LogP contribution in [0.15, 0.2) is 0 Å². The Morgan fingerprint density at radius 3 is 2.06 bits per heavy atom. The molecule has 0 aliphatic carbocycles. The van der Waals surface area contributed by atoms with Crippen LogP contribution in [0, 0.1) is 0 Å². The van der Waals surface area contributed by atoms with E-state index in [4.69, 9.17) is 0 Å². The largest absolute Gasteiger partial charge is 0.543 e. The third-order valence-corrected chi connectivity index (χ3v) is 2.09. The Labute approximate surface area is 93.8 Å². The first-order chi connectivity index (χ1) is 7.46. The number of hydrogen-bond donors (Lipinski definition) is 0. The summed E-state index contributed by atoms with van der Waals surface area (Å²) in [5, 5.41) is 13.9. The molecule has 0 saturated heterocycles. The topological polar surface area (TPSA) is 58.0 Å². The Morgan fingerprint density at radius 2 is 1.76 bits per heavy atom. The molecule has 4 nitrogen and oxygen atoms in total. The van der Waals surface area contributed by atoms with Gasteiger partial charge in [-0.25, -0.2) is 4.39 Å².